The third-order valence-electron chi connectivity index (χ3n) is 3.39. The molecule has 1 aromatic carbocycles. The zero-order valence-corrected chi connectivity index (χ0v) is 13.1. The van der Waals surface area contributed by atoms with E-state index in [0.29, 0.717) is 6.04 Å². The Hall–Kier alpha value is -0.770. The molecule has 4 heteroatoms. The summed E-state index contributed by atoms with van der Waals surface area (Å²) >= 11 is 6.34. The van der Waals surface area contributed by atoms with Crippen molar-refractivity contribution < 1.29 is 4.74 Å². The maximum atomic E-state index is 6.34. The van der Waals surface area contributed by atoms with E-state index in [-0.39, 0.29) is 0 Å². The summed E-state index contributed by atoms with van der Waals surface area (Å²) in [6.45, 7) is 6.82. The van der Waals surface area contributed by atoms with Gasteiger partial charge in [-0.15, -0.1) is 0 Å². The summed E-state index contributed by atoms with van der Waals surface area (Å²) in [6, 6.07) is 6.76. The number of nitrogens with one attached hydrogen (secondary N) is 1. The fourth-order valence-corrected chi connectivity index (χ4v) is 2.30. The van der Waals surface area contributed by atoms with Crippen molar-refractivity contribution in [1.82, 2.24) is 5.32 Å². The summed E-state index contributed by atoms with van der Waals surface area (Å²) in [7, 11) is 3.66. The van der Waals surface area contributed by atoms with E-state index in [1.807, 2.05) is 7.05 Å². The molecule has 0 spiro atoms. The van der Waals surface area contributed by atoms with Gasteiger partial charge in [-0.25, -0.2) is 0 Å². The lowest BCUT2D eigenvalue weighted by Crippen LogP contribution is -2.35. The Bertz CT molecular complexity index is 384. The number of anilines is 1. The van der Waals surface area contributed by atoms with Crippen LogP contribution in [0.15, 0.2) is 18.2 Å². The highest BCUT2D eigenvalue weighted by atomic mass is 35.5. The van der Waals surface area contributed by atoms with Crippen molar-refractivity contribution in [2.24, 2.45) is 0 Å². The predicted octanol–water partition coefficient (Wildman–Crippen LogP) is 3.31. The number of methoxy groups -OCH3 is 1. The summed E-state index contributed by atoms with van der Waals surface area (Å²) in [6.07, 6.45) is 1.10. The Balaban J connectivity index is 2.92. The second kappa shape index (κ2) is 8.41. The SMILES string of the molecule is CCC(C)N(CCOC)c1ccc(CNC)c(Cl)c1. The molecule has 0 heterocycles. The molecular formula is C15H25ClN2O. The third-order valence-corrected chi connectivity index (χ3v) is 3.75. The van der Waals surface area contributed by atoms with Gasteiger partial charge < -0.3 is 15.0 Å². The van der Waals surface area contributed by atoms with Gasteiger partial charge in [0.15, 0.2) is 0 Å². The first-order valence-electron chi connectivity index (χ1n) is 6.82. The Kier molecular flexibility index (Phi) is 7.21. The molecule has 1 aromatic rings. The highest BCUT2D eigenvalue weighted by molar-refractivity contribution is 6.31. The zero-order chi connectivity index (χ0) is 14.3. The van der Waals surface area contributed by atoms with E-state index >= 15 is 0 Å². The molecule has 1 rings (SSSR count). The first kappa shape index (κ1) is 16.3. The maximum Gasteiger partial charge on any atom is 0.0637 e. The van der Waals surface area contributed by atoms with Gasteiger partial charge in [0.2, 0.25) is 0 Å². The molecule has 0 saturated heterocycles. The van der Waals surface area contributed by atoms with E-state index in [2.05, 4.69) is 42.3 Å². The highest BCUT2D eigenvalue weighted by Crippen LogP contribution is 2.25. The molecule has 0 aliphatic rings. The predicted molar refractivity (Wildman–Crippen MR) is 83.2 cm³/mol. The van der Waals surface area contributed by atoms with Gasteiger partial charge in [-0.3, -0.25) is 0 Å². The van der Waals surface area contributed by atoms with Gasteiger partial charge >= 0.3 is 0 Å². The molecule has 108 valence electrons. The Morgan fingerprint density at radius 2 is 2.16 bits per heavy atom. The second-order valence-electron chi connectivity index (χ2n) is 4.75. The van der Waals surface area contributed by atoms with Crippen molar-refractivity contribution >= 4 is 17.3 Å². The zero-order valence-electron chi connectivity index (χ0n) is 12.4. The van der Waals surface area contributed by atoms with Crippen molar-refractivity contribution in [3.8, 4) is 0 Å². The van der Waals surface area contributed by atoms with Crippen LogP contribution in [0.2, 0.25) is 5.02 Å². The highest BCUT2D eigenvalue weighted by Gasteiger charge is 2.14. The van der Waals surface area contributed by atoms with Gasteiger partial charge in [0, 0.05) is 37.0 Å². The molecule has 0 fully saturated rings. The average Bonchev–Trinajstić information content (AvgIpc) is 2.41. The summed E-state index contributed by atoms with van der Waals surface area (Å²) in [5.41, 5.74) is 2.29. The van der Waals surface area contributed by atoms with Crippen LogP contribution in [0.4, 0.5) is 5.69 Å². The number of hydrogen-bond donors (Lipinski definition) is 1. The average molecular weight is 285 g/mol. The van der Waals surface area contributed by atoms with Crippen molar-refractivity contribution in [2.45, 2.75) is 32.9 Å². The van der Waals surface area contributed by atoms with Gasteiger partial charge in [-0.1, -0.05) is 24.6 Å². The molecule has 0 aromatic heterocycles. The van der Waals surface area contributed by atoms with Crippen molar-refractivity contribution in [3.63, 3.8) is 0 Å². The van der Waals surface area contributed by atoms with Gasteiger partial charge in [-0.05, 0) is 38.1 Å². The quantitative estimate of drug-likeness (QED) is 0.793. The first-order chi connectivity index (χ1) is 9.13. The fraction of sp³-hybridized carbons (Fsp3) is 0.600. The molecule has 0 aliphatic heterocycles. The first-order valence-corrected chi connectivity index (χ1v) is 7.20. The Morgan fingerprint density at radius 1 is 1.42 bits per heavy atom. The van der Waals surface area contributed by atoms with Crippen LogP contribution in [0.5, 0.6) is 0 Å². The molecule has 0 aliphatic carbocycles. The summed E-state index contributed by atoms with van der Waals surface area (Å²) in [5.74, 6) is 0. The lowest BCUT2D eigenvalue weighted by molar-refractivity contribution is 0.203. The monoisotopic (exact) mass is 284 g/mol. The van der Waals surface area contributed by atoms with Crippen LogP contribution in [0.25, 0.3) is 0 Å². The molecule has 0 radical (unpaired) electrons. The van der Waals surface area contributed by atoms with Crippen LogP contribution in [0.3, 0.4) is 0 Å². The van der Waals surface area contributed by atoms with Crippen LogP contribution in [-0.2, 0) is 11.3 Å². The minimum absolute atomic E-state index is 0.473. The van der Waals surface area contributed by atoms with Crippen LogP contribution in [0, 0.1) is 0 Å². The lowest BCUT2D eigenvalue weighted by atomic mass is 10.1. The smallest absolute Gasteiger partial charge is 0.0637 e. The van der Waals surface area contributed by atoms with Crippen LogP contribution in [-0.4, -0.2) is 33.4 Å². The van der Waals surface area contributed by atoms with E-state index in [1.54, 1.807) is 7.11 Å². The van der Waals surface area contributed by atoms with E-state index in [4.69, 9.17) is 16.3 Å². The molecular weight excluding hydrogens is 260 g/mol. The minimum Gasteiger partial charge on any atom is -0.383 e. The van der Waals surface area contributed by atoms with E-state index in [0.717, 1.165) is 42.4 Å². The minimum atomic E-state index is 0.473. The number of hydrogen-bond acceptors (Lipinski definition) is 3. The molecule has 0 amide bonds. The summed E-state index contributed by atoms with van der Waals surface area (Å²) in [4.78, 5) is 2.35. The lowest BCUT2D eigenvalue weighted by Gasteiger charge is -2.31. The van der Waals surface area contributed by atoms with E-state index in [9.17, 15) is 0 Å². The standard InChI is InChI=1S/C15H25ClN2O/c1-5-12(2)18(8-9-19-4)14-7-6-13(11-17-3)15(16)10-14/h6-7,10,12,17H,5,8-9,11H2,1-4H3. The van der Waals surface area contributed by atoms with Crippen molar-refractivity contribution in [3.05, 3.63) is 28.8 Å². The second-order valence-corrected chi connectivity index (χ2v) is 5.16. The Morgan fingerprint density at radius 3 is 2.68 bits per heavy atom. The number of halogens is 1. The van der Waals surface area contributed by atoms with Crippen molar-refractivity contribution in [2.75, 3.05) is 32.2 Å². The molecule has 1 N–H and O–H groups in total. The van der Waals surface area contributed by atoms with E-state index < -0.39 is 0 Å². The van der Waals surface area contributed by atoms with E-state index in [1.165, 1.54) is 0 Å². The van der Waals surface area contributed by atoms with Gasteiger partial charge in [0.25, 0.3) is 0 Å². The fourth-order valence-electron chi connectivity index (χ4n) is 2.06. The van der Waals surface area contributed by atoms with Gasteiger partial charge in [0.1, 0.15) is 0 Å². The number of nitrogens with zero attached hydrogens (tertiary/aromatic N) is 1. The summed E-state index contributed by atoms with van der Waals surface area (Å²) in [5, 5.41) is 3.94. The third kappa shape index (κ3) is 4.68. The largest absolute Gasteiger partial charge is 0.383 e. The number of ether oxygens (including phenoxy) is 1. The molecule has 1 unspecified atom stereocenters. The number of rotatable bonds is 8. The molecule has 19 heavy (non-hydrogen) atoms. The van der Waals surface area contributed by atoms with Crippen LogP contribution < -0.4 is 10.2 Å². The molecule has 1 atom stereocenters. The van der Waals surface area contributed by atoms with Crippen LogP contribution in [0.1, 0.15) is 25.8 Å². The Labute approximate surface area is 121 Å². The van der Waals surface area contributed by atoms with Gasteiger partial charge in [-0.2, -0.15) is 0 Å². The molecule has 0 bridgehead atoms. The molecule has 0 saturated carbocycles. The molecule has 3 nitrogen and oxygen atoms in total. The topological polar surface area (TPSA) is 24.5 Å². The maximum absolute atomic E-state index is 6.34. The van der Waals surface area contributed by atoms with Gasteiger partial charge in [0.05, 0.1) is 6.61 Å². The van der Waals surface area contributed by atoms with Crippen molar-refractivity contribution in [1.29, 1.82) is 0 Å². The summed E-state index contributed by atoms with van der Waals surface area (Å²) < 4.78 is 5.20. The normalized spacial score (nSPS) is 12.5. The number of benzene rings is 1. The van der Waals surface area contributed by atoms with Crippen LogP contribution >= 0.6 is 11.6 Å².